The highest BCUT2D eigenvalue weighted by atomic mass is 16.3. The van der Waals surface area contributed by atoms with Gasteiger partial charge in [-0.1, -0.05) is 12.8 Å². The maximum absolute atomic E-state index is 12.4. The highest BCUT2D eigenvalue weighted by Gasteiger charge is 2.20. The van der Waals surface area contributed by atoms with Crippen molar-refractivity contribution in [3.63, 3.8) is 0 Å². The number of carbonyl (C=O) groups excluding carboxylic acids is 1. The van der Waals surface area contributed by atoms with Crippen LogP contribution in [0.3, 0.4) is 0 Å². The summed E-state index contributed by atoms with van der Waals surface area (Å²) in [6, 6.07) is 11.1. The standard InChI is InChI=1S/C21H23N3O2/c1-14-11-16(15(2)24(14)19-7-9-20(25)10-8-19)12-17(13-22)21(26)23-18-5-3-4-6-18/h7-12,18,25H,3-6H2,1-2H3,(H,23,26)/b17-12-. The van der Waals surface area contributed by atoms with E-state index in [1.807, 2.05) is 42.7 Å². The van der Waals surface area contributed by atoms with Crippen LogP contribution < -0.4 is 5.32 Å². The maximum atomic E-state index is 12.4. The Bertz CT molecular complexity index is 879. The number of carbonyl (C=O) groups is 1. The van der Waals surface area contributed by atoms with Crippen molar-refractivity contribution in [3.05, 3.63) is 52.9 Å². The molecule has 0 atom stereocenters. The molecule has 5 nitrogen and oxygen atoms in total. The van der Waals surface area contributed by atoms with Gasteiger partial charge >= 0.3 is 0 Å². The molecule has 0 aliphatic heterocycles. The summed E-state index contributed by atoms with van der Waals surface area (Å²) in [4.78, 5) is 12.4. The minimum Gasteiger partial charge on any atom is -0.508 e. The Hall–Kier alpha value is -3.00. The molecule has 1 amide bonds. The molecule has 1 saturated carbocycles. The fourth-order valence-corrected chi connectivity index (χ4v) is 3.57. The molecule has 0 bridgehead atoms. The highest BCUT2D eigenvalue weighted by molar-refractivity contribution is 6.02. The number of nitriles is 1. The second kappa shape index (κ2) is 7.49. The van der Waals surface area contributed by atoms with Gasteiger partial charge in [-0.3, -0.25) is 4.79 Å². The molecule has 2 aromatic rings. The molecule has 5 heteroatoms. The lowest BCUT2D eigenvalue weighted by atomic mass is 10.1. The van der Waals surface area contributed by atoms with Gasteiger partial charge in [-0.05, 0) is 68.7 Å². The summed E-state index contributed by atoms with van der Waals surface area (Å²) in [5.74, 6) is -0.0829. The van der Waals surface area contributed by atoms with Crippen molar-refractivity contribution in [3.8, 4) is 17.5 Å². The van der Waals surface area contributed by atoms with Crippen LogP contribution in [0.4, 0.5) is 0 Å². The number of amides is 1. The summed E-state index contributed by atoms with van der Waals surface area (Å²) in [6.07, 6.45) is 5.89. The van der Waals surface area contributed by atoms with Crippen LogP contribution in [-0.4, -0.2) is 21.6 Å². The lowest BCUT2D eigenvalue weighted by molar-refractivity contribution is -0.117. The Morgan fingerprint density at radius 1 is 1.27 bits per heavy atom. The van der Waals surface area contributed by atoms with E-state index in [0.29, 0.717) is 0 Å². The van der Waals surface area contributed by atoms with Gasteiger partial charge in [0, 0.05) is 23.1 Å². The molecule has 0 unspecified atom stereocenters. The van der Waals surface area contributed by atoms with E-state index in [1.54, 1.807) is 18.2 Å². The lowest BCUT2D eigenvalue weighted by Gasteiger charge is -2.11. The minimum atomic E-state index is -0.297. The number of benzene rings is 1. The number of aryl methyl sites for hydroxylation is 1. The van der Waals surface area contributed by atoms with Gasteiger partial charge in [0.1, 0.15) is 17.4 Å². The van der Waals surface area contributed by atoms with Gasteiger partial charge in [0.15, 0.2) is 0 Å². The third kappa shape index (κ3) is 3.65. The second-order valence-corrected chi connectivity index (χ2v) is 6.80. The maximum Gasteiger partial charge on any atom is 0.262 e. The third-order valence-electron chi connectivity index (χ3n) is 4.93. The van der Waals surface area contributed by atoms with Crippen molar-refractivity contribution in [2.24, 2.45) is 0 Å². The average Bonchev–Trinajstić information content (AvgIpc) is 3.22. The van der Waals surface area contributed by atoms with Gasteiger partial charge in [0.05, 0.1) is 0 Å². The van der Waals surface area contributed by atoms with E-state index in [4.69, 9.17) is 0 Å². The van der Waals surface area contributed by atoms with Gasteiger partial charge in [-0.25, -0.2) is 0 Å². The topological polar surface area (TPSA) is 78.0 Å². The molecular weight excluding hydrogens is 326 g/mol. The molecule has 1 aromatic heterocycles. The fourth-order valence-electron chi connectivity index (χ4n) is 3.57. The van der Waals surface area contributed by atoms with Crippen LogP contribution in [0.25, 0.3) is 11.8 Å². The predicted octanol–water partition coefficient (Wildman–Crippen LogP) is 3.77. The van der Waals surface area contributed by atoms with Gasteiger partial charge in [-0.2, -0.15) is 5.26 Å². The van der Waals surface area contributed by atoms with Gasteiger partial charge < -0.3 is 15.0 Å². The van der Waals surface area contributed by atoms with E-state index in [-0.39, 0.29) is 23.3 Å². The van der Waals surface area contributed by atoms with Gasteiger partial charge in [-0.15, -0.1) is 0 Å². The summed E-state index contributed by atoms with van der Waals surface area (Å²) in [6.45, 7) is 3.93. The monoisotopic (exact) mass is 349 g/mol. The van der Waals surface area contributed by atoms with E-state index >= 15 is 0 Å². The molecule has 1 aromatic carbocycles. The number of hydrogen-bond acceptors (Lipinski definition) is 3. The molecule has 1 fully saturated rings. The Morgan fingerprint density at radius 2 is 1.92 bits per heavy atom. The number of aromatic nitrogens is 1. The van der Waals surface area contributed by atoms with E-state index in [2.05, 4.69) is 5.32 Å². The number of aromatic hydroxyl groups is 1. The van der Waals surface area contributed by atoms with Crippen LogP contribution in [0.2, 0.25) is 0 Å². The molecule has 0 spiro atoms. The summed E-state index contributed by atoms with van der Waals surface area (Å²) in [5.41, 5.74) is 3.82. The Kier molecular flexibility index (Phi) is 5.13. The molecule has 26 heavy (non-hydrogen) atoms. The van der Waals surface area contributed by atoms with E-state index in [9.17, 15) is 15.2 Å². The molecule has 134 valence electrons. The first-order chi connectivity index (χ1) is 12.5. The summed E-state index contributed by atoms with van der Waals surface area (Å²) in [7, 11) is 0. The largest absolute Gasteiger partial charge is 0.508 e. The number of nitrogens with zero attached hydrogens (tertiary/aromatic N) is 2. The van der Waals surface area contributed by atoms with Crippen molar-refractivity contribution < 1.29 is 9.90 Å². The van der Waals surface area contributed by atoms with Crippen molar-refractivity contribution in [1.82, 2.24) is 9.88 Å². The van der Waals surface area contributed by atoms with Crippen LogP contribution in [-0.2, 0) is 4.79 Å². The van der Waals surface area contributed by atoms with Crippen molar-refractivity contribution in [2.75, 3.05) is 0 Å². The molecule has 1 aliphatic carbocycles. The van der Waals surface area contributed by atoms with Crippen molar-refractivity contribution >= 4 is 12.0 Å². The zero-order valence-electron chi connectivity index (χ0n) is 15.1. The van der Waals surface area contributed by atoms with Crippen LogP contribution in [0, 0.1) is 25.2 Å². The van der Waals surface area contributed by atoms with Crippen molar-refractivity contribution in [2.45, 2.75) is 45.6 Å². The normalized spacial score (nSPS) is 15.0. The van der Waals surface area contributed by atoms with Crippen LogP contribution in [0.15, 0.2) is 35.9 Å². The van der Waals surface area contributed by atoms with E-state index < -0.39 is 0 Å². The average molecular weight is 349 g/mol. The summed E-state index contributed by atoms with van der Waals surface area (Å²) in [5, 5.41) is 21.9. The van der Waals surface area contributed by atoms with E-state index in [0.717, 1.165) is 48.3 Å². The van der Waals surface area contributed by atoms with Crippen LogP contribution in [0.1, 0.15) is 42.6 Å². The second-order valence-electron chi connectivity index (χ2n) is 6.80. The third-order valence-corrected chi connectivity index (χ3v) is 4.93. The first-order valence-electron chi connectivity index (χ1n) is 8.90. The quantitative estimate of drug-likeness (QED) is 0.651. The number of nitrogens with one attached hydrogen (secondary N) is 1. The van der Waals surface area contributed by atoms with Gasteiger partial charge in [0.25, 0.3) is 5.91 Å². The SMILES string of the molecule is Cc1cc(/C=C(/C#N)C(=O)NC2CCCC2)c(C)n1-c1ccc(O)cc1. The molecule has 2 N–H and O–H groups in total. The highest BCUT2D eigenvalue weighted by Crippen LogP contribution is 2.24. The fraction of sp³-hybridized carbons (Fsp3) is 0.333. The van der Waals surface area contributed by atoms with E-state index in [1.165, 1.54) is 0 Å². The Morgan fingerprint density at radius 3 is 2.54 bits per heavy atom. The molecule has 1 heterocycles. The minimum absolute atomic E-state index is 0.128. The smallest absolute Gasteiger partial charge is 0.262 e. The van der Waals surface area contributed by atoms with Gasteiger partial charge in [0.2, 0.25) is 0 Å². The van der Waals surface area contributed by atoms with Crippen LogP contribution >= 0.6 is 0 Å². The molecular formula is C21H23N3O2. The summed E-state index contributed by atoms with van der Waals surface area (Å²) < 4.78 is 2.04. The molecule has 0 radical (unpaired) electrons. The number of phenols is 1. The lowest BCUT2D eigenvalue weighted by Crippen LogP contribution is -2.33. The van der Waals surface area contributed by atoms with Crippen LogP contribution in [0.5, 0.6) is 5.75 Å². The first-order valence-corrected chi connectivity index (χ1v) is 8.90. The zero-order valence-corrected chi connectivity index (χ0v) is 15.1. The zero-order chi connectivity index (χ0) is 18.7. The molecule has 0 saturated heterocycles. The Labute approximate surface area is 153 Å². The Balaban J connectivity index is 1.89. The number of phenolic OH excluding ortho intramolecular Hbond substituents is 1. The first kappa shape index (κ1) is 17.8. The summed E-state index contributed by atoms with van der Waals surface area (Å²) >= 11 is 0. The number of rotatable bonds is 4. The van der Waals surface area contributed by atoms with Crippen molar-refractivity contribution in [1.29, 1.82) is 5.26 Å². The number of hydrogen-bond donors (Lipinski definition) is 2. The molecule has 1 aliphatic rings. The molecule has 3 rings (SSSR count). The predicted molar refractivity (Wildman–Crippen MR) is 101 cm³/mol.